The van der Waals surface area contributed by atoms with Gasteiger partial charge in [-0.2, -0.15) is 0 Å². The highest BCUT2D eigenvalue weighted by Gasteiger charge is 2.21. The van der Waals surface area contributed by atoms with Crippen molar-refractivity contribution in [1.29, 1.82) is 0 Å². The predicted molar refractivity (Wildman–Crippen MR) is 62.2 cm³/mol. The summed E-state index contributed by atoms with van der Waals surface area (Å²) in [6, 6.07) is 0.0310. The fourth-order valence-electron chi connectivity index (χ4n) is 1.04. The Morgan fingerprint density at radius 1 is 1.40 bits per heavy atom. The van der Waals surface area contributed by atoms with E-state index in [0.29, 0.717) is 6.54 Å². The first-order valence-corrected chi connectivity index (χ1v) is 6.65. The van der Waals surface area contributed by atoms with Gasteiger partial charge in [0.25, 0.3) is 0 Å². The third kappa shape index (κ3) is 5.28. The Morgan fingerprint density at radius 3 is 2.33 bits per heavy atom. The van der Waals surface area contributed by atoms with Crippen LogP contribution >= 0.6 is 0 Å². The lowest BCUT2D eigenvalue weighted by molar-refractivity contribution is -0.145. The first kappa shape index (κ1) is 14.6. The van der Waals surface area contributed by atoms with Crippen LogP contribution in [0.15, 0.2) is 0 Å². The highest BCUT2D eigenvalue weighted by molar-refractivity contribution is 7.84. The average molecular weight is 235 g/mol. The quantitative estimate of drug-likeness (QED) is 0.683. The number of ether oxygens (including phenoxy) is 1. The van der Waals surface area contributed by atoms with Crippen LogP contribution in [0.25, 0.3) is 0 Å². The zero-order chi connectivity index (χ0) is 12.0. The Kier molecular flexibility index (Phi) is 6.76. The highest BCUT2D eigenvalue weighted by atomic mass is 32.2. The van der Waals surface area contributed by atoms with Gasteiger partial charge in [-0.15, -0.1) is 0 Å². The Labute approximate surface area is 94.2 Å². The molecule has 15 heavy (non-hydrogen) atoms. The largest absolute Gasteiger partial charge is 0.469 e. The summed E-state index contributed by atoms with van der Waals surface area (Å²) in [5, 5.41) is 3.28. The number of rotatable bonds is 6. The van der Waals surface area contributed by atoms with E-state index in [2.05, 4.69) is 10.1 Å². The predicted octanol–water partition coefficient (Wildman–Crippen LogP) is 0.541. The summed E-state index contributed by atoms with van der Waals surface area (Å²) in [6.07, 6.45) is 1.68. The van der Waals surface area contributed by atoms with E-state index >= 15 is 0 Å². The first-order chi connectivity index (χ1) is 6.90. The second-order valence-electron chi connectivity index (χ2n) is 3.82. The maximum Gasteiger partial charge on any atom is 0.309 e. The smallest absolute Gasteiger partial charge is 0.309 e. The number of methoxy groups -OCH3 is 1. The van der Waals surface area contributed by atoms with E-state index in [1.54, 1.807) is 6.26 Å². The van der Waals surface area contributed by atoms with Gasteiger partial charge in [0, 0.05) is 34.9 Å². The molecule has 4 unspecified atom stereocenters. The standard InChI is InChI=1S/C10H21NO3S/c1-7(15(5)13)6-11-9(3)8(2)10(12)14-4/h7-9,11H,6H2,1-5H3. The Bertz CT molecular complexity index is 233. The van der Waals surface area contributed by atoms with Crippen molar-refractivity contribution in [2.75, 3.05) is 19.9 Å². The molecule has 90 valence electrons. The van der Waals surface area contributed by atoms with Crippen molar-refractivity contribution < 1.29 is 13.7 Å². The Morgan fingerprint density at radius 2 is 1.93 bits per heavy atom. The molecule has 0 aromatic rings. The van der Waals surface area contributed by atoms with Crippen LogP contribution < -0.4 is 5.32 Å². The summed E-state index contributed by atoms with van der Waals surface area (Å²) in [5.41, 5.74) is 0. The molecule has 0 aliphatic rings. The summed E-state index contributed by atoms with van der Waals surface area (Å²) < 4.78 is 15.7. The van der Waals surface area contributed by atoms with Crippen LogP contribution in [0.5, 0.6) is 0 Å². The highest BCUT2D eigenvalue weighted by Crippen LogP contribution is 2.04. The number of nitrogens with one attached hydrogen (secondary N) is 1. The normalized spacial score (nSPS) is 19.0. The Hall–Kier alpha value is -0.420. The van der Waals surface area contributed by atoms with Crippen LogP contribution in [0.2, 0.25) is 0 Å². The fourth-order valence-corrected chi connectivity index (χ4v) is 1.37. The molecule has 4 nitrogen and oxygen atoms in total. The zero-order valence-corrected chi connectivity index (χ0v) is 10.9. The molecule has 0 spiro atoms. The molecular weight excluding hydrogens is 214 g/mol. The van der Waals surface area contributed by atoms with E-state index in [1.165, 1.54) is 7.11 Å². The minimum absolute atomic E-state index is 0.0310. The molecule has 0 heterocycles. The third-order valence-corrected chi connectivity index (χ3v) is 3.92. The Balaban J connectivity index is 3.98. The fraction of sp³-hybridized carbons (Fsp3) is 0.900. The molecule has 0 rings (SSSR count). The number of hydrogen-bond acceptors (Lipinski definition) is 4. The molecule has 0 radical (unpaired) electrons. The summed E-state index contributed by atoms with van der Waals surface area (Å²) in [7, 11) is 0.553. The van der Waals surface area contributed by atoms with Gasteiger partial charge in [-0.3, -0.25) is 9.00 Å². The van der Waals surface area contributed by atoms with Gasteiger partial charge in [0.05, 0.1) is 13.0 Å². The van der Waals surface area contributed by atoms with Crippen molar-refractivity contribution in [3.63, 3.8) is 0 Å². The minimum Gasteiger partial charge on any atom is -0.469 e. The molecule has 0 aliphatic carbocycles. The lowest BCUT2D eigenvalue weighted by Crippen LogP contribution is -2.40. The number of esters is 1. The van der Waals surface area contributed by atoms with Crippen LogP contribution in [-0.2, 0) is 20.3 Å². The van der Waals surface area contributed by atoms with E-state index in [1.807, 2.05) is 20.8 Å². The molecule has 0 amide bonds. The monoisotopic (exact) mass is 235 g/mol. The number of carbonyl (C=O) groups is 1. The van der Waals surface area contributed by atoms with Gasteiger partial charge in [-0.05, 0) is 13.8 Å². The van der Waals surface area contributed by atoms with Crippen LogP contribution in [0.4, 0.5) is 0 Å². The van der Waals surface area contributed by atoms with E-state index in [0.717, 1.165) is 0 Å². The van der Waals surface area contributed by atoms with Crippen molar-refractivity contribution in [3.05, 3.63) is 0 Å². The summed E-state index contributed by atoms with van der Waals surface area (Å²) in [5.74, 6) is -0.409. The van der Waals surface area contributed by atoms with Gasteiger partial charge in [0.2, 0.25) is 0 Å². The zero-order valence-electron chi connectivity index (χ0n) is 10.1. The van der Waals surface area contributed by atoms with Crippen molar-refractivity contribution in [3.8, 4) is 0 Å². The molecule has 0 aromatic heterocycles. The van der Waals surface area contributed by atoms with Crippen LogP contribution in [0.1, 0.15) is 20.8 Å². The van der Waals surface area contributed by atoms with Crippen molar-refractivity contribution in [2.45, 2.75) is 32.1 Å². The van der Waals surface area contributed by atoms with E-state index in [9.17, 15) is 9.00 Å². The molecule has 0 fully saturated rings. The van der Waals surface area contributed by atoms with Crippen molar-refractivity contribution >= 4 is 16.8 Å². The van der Waals surface area contributed by atoms with Crippen molar-refractivity contribution in [2.24, 2.45) is 5.92 Å². The van der Waals surface area contributed by atoms with Gasteiger partial charge < -0.3 is 10.1 Å². The second kappa shape index (κ2) is 6.95. The second-order valence-corrected chi connectivity index (χ2v) is 5.62. The molecule has 5 heteroatoms. The molecule has 4 atom stereocenters. The van der Waals surface area contributed by atoms with Crippen LogP contribution in [-0.4, -0.2) is 41.4 Å². The van der Waals surface area contributed by atoms with Gasteiger partial charge in [0.15, 0.2) is 0 Å². The maximum absolute atomic E-state index is 11.2. The third-order valence-electron chi connectivity index (χ3n) is 2.62. The molecule has 0 aliphatic heterocycles. The van der Waals surface area contributed by atoms with Crippen LogP contribution in [0.3, 0.4) is 0 Å². The lowest BCUT2D eigenvalue weighted by Gasteiger charge is -2.20. The van der Waals surface area contributed by atoms with E-state index in [-0.39, 0.29) is 23.2 Å². The molecule has 0 saturated heterocycles. The SMILES string of the molecule is COC(=O)C(C)C(C)NCC(C)S(C)=O. The molecule has 1 N–H and O–H groups in total. The molecule has 0 saturated carbocycles. The molecular formula is C10H21NO3S. The maximum atomic E-state index is 11.2. The van der Waals surface area contributed by atoms with E-state index < -0.39 is 10.8 Å². The minimum atomic E-state index is -0.831. The summed E-state index contributed by atoms with van der Waals surface area (Å²) in [4.78, 5) is 11.2. The lowest BCUT2D eigenvalue weighted by atomic mass is 10.0. The molecule has 0 bridgehead atoms. The molecule has 0 aromatic carbocycles. The summed E-state index contributed by atoms with van der Waals surface area (Å²) in [6.45, 7) is 6.30. The summed E-state index contributed by atoms with van der Waals surface area (Å²) >= 11 is 0. The van der Waals surface area contributed by atoms with E-state index in [4.69, 9.17) is 0 Å². The number of hydrogen-bond donors (Lipinski definition) is 1. The van der Waals surface area contributed by atoms with Gasteiger partial charge in [-0.1, -0.05) is 6.92 Å². The van der Waals surface area contributed by atoms with Crippen molar-refractivity contribution in [1.82, 2.24) is 5.32 Å². The first-order valence-electron chi connectivity index (χ1n) is 5.03. The topological polar surface area (TPSA) is 55.4 Å². The van der Waals surface area contributed by atoms with Crippen LogP contribution in [0, 0.1) is 5.92 Å². The van der Waals surface area contributed by atoms with Gasteiger partial charge >= 0.3 is 5.97 Å². The van der Waals surface area contributed by atoms with Gasteiger partial charge in [-0.25, -0.2) is 0 Å². The average Bonchev–Trinajstić information content (AvgIpc) is 2.22. The number of carbonyl (C=O) groups excluding carboxylic acids is 1. The van der Waals surface area contributed by atoms with Gasteiger partial charge in [0.1, 0.15) is 0 Å².